The number of hydrogen-bond donors (Lipinski definition) is 2. The van der Waals surface area contributed by atoms with E-state index in [4.69, 9.17) is 0 Å². The van der Waals surface area contributed by atoms with Crippen LogP contribution in [0.2, 0.25) is 0 Å². The predicted molar refractivity (Wildman–Crippen MR) is 65.6 cm³/mol. The number of thiazole rings is 1. The topological polar surface area (TPSA) is 48.4 Å². The summed E-state index contributed by atoms with van der Waals surface area (Å²) in [6, 6.07) is 0. The monoisotopic (exact) mass is 241 g/mol. The average molecular weight is 241 g/mol. The van der Waals surface area contributed by atoms with E-state index in [-0.39, 0.29) is 6.10 Å². The minimum absolute atomic E-state index is 0.372. The van der Waals surface area contributed by atoms with Crippen LogP contribution >= 0.6 is 11.3 Å². The molecule has 5 heteroatoms. The molecule has 2 rings (SSSR count). The first-order valence-electron chi connectivity index (χ1n) is 5.87. The minimum atomic E-state index is -0.372. The number of aliphatic hydroxyl groups is 1. The first kappa shape index (κ1) is 12.0. The van der Waals surface area contributed by atoms with Gasteiger partial charge in [0.2, 0.25) is 0 Å². The predicted octanol–water partition coefficient (Wildman–Crippen LogP) is 0.862. The van der Waals surface area contributed by atoms with Gasteiger partial charge in [0.25, 0.3) is 0 Å². The molecule has 1 aromatic rings. The third-order valence-corrected chi connectivity index (χ3v) is 3.77. The normalized spacial score (nSPS) is 19.8. The molecule has 1 aliphatic rings. The zero-order chi connectivity index (χ0) is 11.2. The van der Waals surface area contributed by atoms with Gasteiger partial charge in [-0.3, -0.25) is 0 Å². The number of aliphatic hydroxyl groups excluding tert-OH is 1. The van der Waals surface area contributed by atoms with Crippen LogP contribution in [0.4, 0.5) is 0 Å². The average Bonchev–Trinajstić information content (AvgIpc) is 2.84. The van der Waals surface area contributed by atoms with Gasteiger partial charge in [-0.05, 0) is 19.4 Å². The lowest BCUT2D eigenvalue weighted by molar-refractivity contribution is 0.152. The van der Waals surface area contributed by atoms with E-state index in [1.165, 1.54) is 11.3 Å². The van der Waals surface area contributed by atoms with E-state index in [2.05, 4.69) is 15.2 Å². The molecule has 16 heavy (non-hydrogen) atoms. The summed E-state index contributed by atoms with van der Waals surface area (Å²) in [6.45, 7) is 5.54. The van der Waals surface area contributed by atoms with Gasteiger partial charge in [0.05, 0.1) is 0 Å². The smallest absolute Gasteiger partial charge is 0.121 e. The van der Waals surface area contributed by atoms with Crippen molar-refractivity contribution in [3.05, 3.63) is 16.6 Å². The second-order valence-electron chi connectivity index (χ2n) is 4.12. The Morgan fingerprint density at radius 1 is 1.50 bits per heavy atom. The lowest BCUT2D eigenvalue weighted by atomic mass is 10.2. The van der Waals surface area contributed by atoms with Crippen molar-refractivity contribution in [1.82, 2.24) is 15.2 Å². The molecule has 0 spiro atoms. The zero-order valence-electron chi connectivity index (χ0n) is 9.43. The van der Waals surface area contributed by atoms with E-state index in [0.717, 1.165) is 50.6 Å². The number of nitrogens with one attached hydrogen (secondary N) is 1. The zero-order valence-corrected chi connectivity index (χ0v) is 10.2. The molecule has 0 aliphatic carbocycles. The largest absolute Gasteiger partial charge is 0.386 e. The van der Waals surface area contributed by atoms with Crippen molar-refractivity contribution in [2.45, 2.75) is 18.9 Å². The van der Waals surface area contributed by atoms with Crippen LogP contribution in [0.3, 0.4) is 0 Å². The molecular formula is C11H19N3OS. The van der Waals surface area contributed by atoms with Crippen molar-refractivity contribution in [2.24, 2.45) is 0 Å². The van der Waals surface area contributed by atoms with E-state index >= 15 is 0 Å². The first-order chi connectivity index (χ1) is 7.86. The fourth-order valence-electron chi connectivity index (χ4n) is 1.97. The van der Waals surface area contributed by atoms with Gasteiger partial charge < -0.3 is 15.3 Å². The summed E-state index contributed by atoms with van der Waals surface area (Å²) in [4.78, 5) is 6.58. The van der Waals surface area contributed by atoms with Crippen LogP contribution < -0.4 is 5.32 Å². The summed E-state index contributed by atoms with van der Waals surface area (Å²) in [7, 11) is 0. The highest BCUT2D eigenvalue weighted by Gasteiger charge is 2.12. The lowest BCUT2D eigenvalue weighted by Gasteiger charge is -2.27. The molecule has 2 N–H and O–H groups in total. The lowest BCUT2D eigenvalue weighted by Crippen LogP contribution is -2.43. The molecule has 0 bridgehead atoms. The van der Waals surface area contributed by atoms with E-state index in [0.29, 0.717) is 0 Å². The van der Waals surface area contributed by atoms with Crippen LogP contribution in [0, 0.1) is 0 Å². The molecule has 1 aromatic heterocycles. The van der Waals surface area contributed by atoms with Gasteiger partial charge >= 0.3 is 0 Å². The van der Waals surface area contributed by atoms with Crippen molar-refractivity contribution in [2.75, 3.05) is 32.7 Å². The number of piperazine rings is 1. The maximum absolute atomic E-state index is 9.86. The molecule has 4 nitrogen and oxygen atoms in total. The van der Waals surface area contributed by atoms with Crippen LogP contribution in [-0.4, -0.2) is 47.7 Å². The van der Waals surface area contributed by atoms with Gasteiger partial charge in [0.15, 0.2) is 0 Å². The molecular weight excluding hydrogens is 222 g/mol. The van der Waals surface area contributed by atoms with E-state index in [1.807, 2.05) is 5.38 Å². The molecule has 0 amide bonds. The quantitative estimate of drug-likeness (QED) is 0.803. The minimum Gasteiger partial charge on any atom is -0.386 e. The summed E-state index contributed by atoms with van der Waals surface area (Å²) in [6.07, 6.45) is 3.24. The third-order valence-electron chi connectivity index (χ3n) is 2.90. The maximum atomic E-state index is 9.86. The Bertz CT molecular complexity index is 285. The molecule has 1 atom stereocenters. The van der Waals surface area contributed by atoms with Crippen LogP contribution in [0.1, 0.15) is 24.0 Å². The van der Waals surface area contributed by atoms with Gasteiger partial charge in [-0.2, -0.15) is 0 Å². The van der Waals surface area contributed by atoms with E-state index in [1.54, 1.807) is 6.20 Å². The van der Waals surface area contributed by atoms with Crippen molar-refractivity contribution >= 4 is 11.3 Å². The SMILES string of the molecule is OC(CCCN1CCNCC1)c1nccs1. The number of aromatic nitrogens is 1. The Hall–Kier alpha value is -0.490. The Morgan fingerprint density at radius 2 is 2.31 bits per heavy atom. The number of rotatable bonds is 5. The molecule has 0 aromatic carbocycles. The van der Waals surface area contributed by atoms with Crippen molar-refractivity contribution in [3.63, 3.8) is 0 Å². The van der Waals surface area contributed by atoms with Crippen LogP contribution in [0.25, 0.3) is 0 Å². The molecule has 0 radical (unpaired) electrons. The van der Waals surface area contributed by atoms with Crippen molar-refractivity contribution in [1.29, 1.82) is 0 Å². The van der Waals surface area contributed by atoms with E-state index < -0.39 is 0 Å². The highest BCUT2D eigenvalue weighted by Crippen LogP contribution is 2.20. The Kier molecular flexibility index (Phi) is 4.71. The summed E-state index contributed by atoms with van der Waals surface area (Å²) in [5, 5.41) is 16.0. The number of hydrogen-bond acceptors (Lipinski definition) is 5. The second-order valence-corrected chi connectivity index (χ2v) is 5.05. The highest BCUT2D eigenvalue weighted by molar-refractivity contribution is 7.09. The fourth-order valence-corrected chi connectivity index (χ4v) is 2.62. The second kappa shape index (κ2) is 6.30. The fraction of sp³-hybridized carbons (Fsp3) is 0.727. The highest BCUT2D eigenvalue weighted by atomic mass is 32.1. The molecule has 1 saturated heterocycles. The van der Waals surface area contributed by atoms with Crippen molar-refractivity contribution < 1.29 is 5.11 Å². The third kappa shape index (κ3) is 3.52. The van der Waals surface area contributed by atoms with Crippen molar-refractivity contribution in [3.8, 4) is 0 Å². The summed E-state index contributed by atoms with van der Waals surface area (Å²) in [5.74, 6) is 0. The molecule has 1 unspecified atom stereocenters. The Morgan fingerprint density at radius 3 is 3.00 bits per heavy atom. The molecule has 0 saturated carbocycles. The summed E-state index contributed by atoms with van der Waals surface area (Å²) >= 11 is 1.53. The van der Waals surface area contributed by atoms with E-state index in [9.17, 15) is 5.11 Å². The van der Waals surface area contributed by atoms with Gasteiger partial charge in [0.1, 0.15) is 11.1 Å². The van der Waals surface area contributed by atoms with Crippen LogP contribution in [0.5, 0.6) is 0 Å². The van der Waals surface area contributed by atoms with Gasteiger partial charge in [0, 0.05) is 37.8 Å². The molecule has 1 aliphatic heterocycles. The van der Waals surface area contributed by atoms with Crippen LogP contribution in [-0.2, 0) is 0 Å². The summed E-state index contributed by atoms with van der Waals surface area (Å²) < 4.78 is 0. The Balaban J connectivity index is 1.63. The standard InChI is InChI=1S/C11H19N3OS/c15-10(11-13-5-9-16-11)2-1-6-14-7-3-12-4-8-14/h5,9-10,12,15H,1-4,6-8H2. The van der Waals surface area contributed by atoms with Gasteiger partial charge in [-0.25, -0.2) is 4.98 Å². The summed E-state index contributed by atoms with van der Waals surface area (Å²) in [5.41, 5.74) is 0. The molecule has 90 valence electrons. The first-order valence-corrected chi connectivity index (χ1v) is 6.75. The van der Waals surface area contributed by atoms with Gasteiger partial charge in [-0.15, -0.1) is 11.3 Å². The maximum Gasteiger partial charge on any atom is 0.121 e. The van der Waals surface area contributed by atoms with Crippen LogP contribution in [0.15, 0.2) is 11.6 Å². The molecule has 1 fully saturated rings. The molecule has 2 heterocycles. The number of nitrogens with zero attached hydrogens (tertiary/aromatic N) is 2. The van der Waals surface area contributed by atoms with Gasteiger partial charge in [-0.1, -0.05) is 0 Å². The Labute approximate surface area is 100 Å².